The summed E-state index contributed by atoms with van der Waals surface area (Å²) in [4.78, 5) is 1.54. The van der Waals surface area contributed by atoms with E-state index in [2.05, 4.69) is 55.8 Å². The molecule has 0 aliphatic heterocycles. The molecule has 0 aromatic carbocycles. The van der Waals surface area contributed by atoms with Crippen LogP contribution >= 0.6 is 11.3 Å². The molecular weight excluding hydrogens is 384 g/mol. The lowest BCUT2D eigenvalue weighted by Crippen LogP contribution is -2.01. The highest BCUT2D eigenvalue weighted by atomic mass is 32.1. The molecule has 0 saturated carbocycles. The Morgan fingerprint density at radius 3 is 2.60 bits per heavy atom. The molecule has 2 nitrogen and oxygen atoms in total. The van der Waals surface area contributed by atoms with Crippen LogP contribution in [0.5, 0.6) is 0 Å². The van der Waals surface area contributed by atoms with Crippen molar-refractivity contribution in [2.45, 2.75) is 58.3 Å². The van der Waals surface area contributed by atoms with E-state index < -0.39 is 0 Å². The molecular formula is C27H36N2S. The second-order valence-corrected chi connectivity index (χ2v) is 9.44. The third-order valence-corrected chi connectivity index (χ3v) is 7.43. The molecule has 0 spiro atoms. The van der Waals surface area contributed by atoms with Gasteiger partial charge < -0.3 is 11.1 Å². The predicted octanol–water partition coefficient (Wildman–Crippen LogP) is 7.13. The van der Waals surface area contributed by atoms with Gasteiger partial charge in [-0.05, 0) is 75.0 Å². The summed E-state index contributed by atoms with van der Waals surface area (Å²) in [6.07, 6.45) is 20.4. The van der Waals surface area contributed by atoms with Gasteiger partial charge >= 0.3 is 0 Å². The molecule has 0 radical (unpaired) electrons. The number of allylic oxidation sites excluding steroid dienone is 9. The molecule has 0 fully saturated rings. The molecule has 1 heterocycles. The van der Waals surface area contributed by atoms with E-state index in [1.54, 1.807) is 4.88 Å². The number of anilines is 1. The van der Waals surface area contributed by atoms with Gasteiger partial charge in [0.2, 0.25) is 0 Å². The minimum Gasteiger partial charge on any atom is -0.379 e. The standard InChI is InChI=1S/C27H36N2S/c1-19(2)23-15-13-21(14-16-23)11-12-22(17-18-28)10-9-20(3)26-24-7-5-6-8-25(24)30-27(26)29-4/h9-10,13,15,17,29H,1,3,5-8,11-12,14,16,18,28H2,2,4H3/b10-9-,22-17+. The maximum absolute atomic E-state index is 5.85. The van der Waals surface area contributed by atoms with Crippen molar-refractivity contribution >= 4 is 21.9 Å². The van der Waals surface area contributed by atoms with E-state index in [-0.39, 0.29) is 0 Å². The summed E-state index contributed by atoms with van der Waals surface area (Å²) < 4.78 is 0. The highest BCUT2D eigenvalue weighted by molar-refractivity contribution is 7.16. The van der Waals surface area contributed by atoms with Crippen LogP contribution in [0.2, 0.25) is 0 Å². The summed E-state index contributed by atoms with van der Waals surface area (Å²) in [5.74, 6) is 0. The number of hydrogen-bond donors (Lipinski definition) is 2. The molecule has 2 aliphatic carbocycles. The maximum Gasteiger partial charge on any atom is 0.0965 e. The molecule has 2 aliphatic rings. The topological polar surface area (TPSA) is 38.0 Å². The zero-order chi connectivity index (χ0) is 21.5. The smallest absolute Gasteiger partial charge is 0.0965 e. The highest BCUT2D eigenvalue weighted by Gasteiger charge is 2.21. The number of thiophene rings is 1. The Kier molecular flexibility index (Phi) is 8.12. The Morgan fingerprint density at radius 1 is 1.13 bits per heavy atom. The lowest BCUT2D eigenvalue weighted by Gasteiger charge is -2.15. The van der Waals surface area contributed by atoms with Gasteiger partial charge in [-0.25, -0.2) is 0 Å². The van der Waals surface area contributed by atoms with Crippen LogP contribution in [0.15, 0.2) is 65.8 Å². The second-order valence-electron chi connectivity index (χ2n) is 8.34. The van der Waals surface area contributed by atoms with E-state index in [0.29, 0.717) is 6.54 Å². The molecule has 0 bridgehead atoms. The van der Waals surface area contributed by atoms with Crippen molar-refractivity contribution in [1.82, 2.24) is 0 Å². The zero-order valence-corrected chi connectivity index (χ0v) is 19.5. The second kappa shape index (κ2) is 10.8. The van der Waals surface area contributed by atoms with E-state index in [1.807, 2.05) is 18.4 Å². The SMILES string of the molecule is C=C(C)C1=CC=C(CCC(/C=C\C(=C)c2c(NC)sc3c2CCCC3)=C/CN)CC1. The van der Waals surface area contributed by atoms with Crippen molar-refractivity contribution in [1.29, 1.82) is 0 Å². The number of hydrogen-bond acceptors (Lipinski definition) is 3. The van der Waals surface area contributed by atoms with Crippen molar-refractivity contribution in [2.75, 3.05) is 18.9 Å². The van der Waals surface area contributed by atoms with E-state index in [1.165, 1.54) is 64.1 Å². The molecule has 1 aromatic rings. The summed E-state index contributed by atoms with van der Waals surface area (Å²) >= 11 is 1.91. The van der Waals surface area contributed by atoms with Crippen LogP contribution in [-0.4, -0.2) is 13.6 Å². The number of nitrogens with two attached hydrogens (primary N) is 1. The van der Waals surface area contributed by atoms with Crippen LogP contribution in [0.4, 0.5) is 5.00 Å². The highest BCUT2D eigenvalue weighted by Crippen LogP contribution is 2.41. The zero-order valence-electron chi connectivity index (χ0n) is 18.7. The fourth-order valence-electron chi connectivity index (χ4n) is 4.33. The van der Waals surface area contributed by atoms with Gasteiger partial charge in [0.15, 0.2) is 0 Å². The molecule has 1 aromatic heterocycles. The molecule has 0 atom stereocenters. The summed E-state index contributed by atoms with van der Waals surface area (Å²) in [5.41, 5.74) is 15.2. The van der Waals surface area contributed by atoms with Crippen LogP contribution in [0.25, 0.3) is 5.57 Å². The lowest BCUT2D eigenvalue weighted by atomic mass is 9.90. The Bertz CT molecular complexity index is 921. The predicted molar refractivity (Wildman–Crippen MR) is 135 cm³/mol. The molecule has 160 valence electrons. The van der Waals surface area contributed by atoms with Crippen molar-refractivity contribution in [3.05, 3.63) is 81.8 Å². The summed E-state index contributed by atoms with van der Waals surface area (Å²) in [6, 6.07) is 0. The molecule has 3 N–H and O–H groups in total. The van der Waals surface area contributed by atoms with Crippen LogP contribution in [0.1, 0.15) is 61.5 Å². The largest absolute Gasteiger partial charge is 0.379 e. The fourth-order valence-corrected chi connectivity index (χ4v) is 5.61. The van der Waals surface area contributed by atoms with E-state index >= 15 is 0 Å². The van der Waals surface area contributed by atoms with Crippen molar-refractivity contribution in [3.8, 4) is 0 Å². The molecule has 3 heteroatoms. The number of nitrogens with one attached hydrogen (secondary N) is 1. The Balaban J connectivity index is 1.69. The van der Waals surface area contributed by atoms with Crippen LogP contribution in [0, 0.1) is 0 Å². The van der Waals surface area contributed by atoms with Gasteiger partial charge in [-0.3, -0.25) is 0 Å². The van der Waals surface area contributed by atoms with Gasteiger partial charge in [-0.2, -0.15) is 0 Å². The number of aryl methyl sites for hydroxylation is 1. The first-order chi connectivity index (χ1) is 14.5. The first kappa shape index (κ1) is 22.6. The molecule has 0 unspecified atom stereocenters. The Morgan fingerprint density at radius 2 is 1.93 bits per heavy atom. The summed E-state index contributed by atoms with van der Waals surface area (Å²) in [6.45, 7) is 11.1. The van der Waals surface area contributed by atoms with Crippen LogP contribution in [0.3, 0.4) is 0 Å². The maximum atomic E-state index is 5.85. The van der Waals surface area contributed by atoms with Gasteiger partial charge in [0.25, 0.3) is 0 Å². The molecule has 30 heavy (non-hydrogen) atoms. The van der Waals surface area contributed by atoms with Gasteiger partial charge in [-0.1, -0.05) is 60.3 Å². The number of fused-ring (bicyclic) bond motifs is 1. The van der Waals surface area contributed by atoms with Crippen LogP contribution in [-0.2, 0) is 12.8 Å². The summed E-state index contributed by atoms with van der Waals surface area (Å²) in [5, 5.41) is 4.65. The first-order valence-electron chi connectivity index (χ1n) is 11.2. The van der Waals surface area contributed by atoms with Gasteiger partial charge in [0.1, 0.15) is 0 Å². The normalized spacial score (nSPS) is 16.8. The lowest BCUT2D eigenvalue weighted by molar-refractivity contribution is 0.696. The minimum atomic E-state index is 0.570. The van der Waals surface area contributed by atoms with Gasteiger partial charge in [-0.15, -0.1) is 11.3 Å². The van der Waals surface area contributed by atoms with Gasteiger partial charge in [0, 0.05) is 24.0 Å². The van der Waals surface area contributed by atoms with Crippen molar-refractivity contribution in [3.63, 3.8) is 0 Å². The third-order valence-electron chi connectivity index (χ3n) is 6.12. The van der Waals surface area contributed by atoms with E-state index in [9.17, 15) is 0 Å². The van der Waals surface area contributed by atoms with Gasteiger partial charge in [0.05, 0.1) is 5.00 Å². The van der Waals surface area contributed by atoms with Crippen molar-refractivity contribution < 1.29 is 0 Å². The summed E-state index contributed by atoms with van der Waals surface area (Å²) in [7, 11) is 2.02. The first-order valence-corrected chi connectivity index (χ1v) is 12.0. The van der Waals surface area contributed by atoms with E-state index in [0.717, 1.165) is 31.3 Å². The van der Waals surface area contributed by atoms with Crippen LogP contribution < -0.4 is 11.1 Å². The van der Waals surface area contributed by atoms with E-state index in [4.69, 9.17) is 5.73 Å². The molecule has 0 saturated heterocycles. The Labute approximate surface area is 186 Å². The molecule has 0 amide bonds. The Hall–Kier alpha value is -2.10. The average Bonchev–Trinajstić information content (AvgIpc) is 3.14. The third kappa shape index (κ3) is 5.53. The quantitative estimate of drug-likeness (QED) is 0.417. The average molecular weight is 421 g/mol. The number of rotatable bonds is 9. The molecule has 3 rings (SSSR count). The monoisotopic (exact) mass is 420 g/mol. The minimum absolute atomic E-state index is 0.570. The van der Waals surface area contributed by atoms with Crippen molar-refractivity contribution in [2.24, 2.45) is 5.73 Å². The fraction of sp³-hybridized carbons (Fsp3) is 0.407.